The molecule has 50 heavy (non-hydrogen) atoms. The lowest BCUT2D eigenvalue weighted by Gasteiger charge is -2.37. The van der Waals surface area contributed by atoms with Gasteiger partial charge >= 0.3 is 0 Å². The molecule has 12 heteroatoms. The van der Waals surface area contributed by atoms with Crippen molar-refractivity contribution in [1.82, 2.24) is 36.1 Å². The number of rotatable bonds is 11. The molecule has 0 radical (unpaired) electrons. The Hall–Kier alpha value is -3.51. The molecule has 2 aromatic rings. The van der Waals surface area contributed by atoms with E-state index in [0.29, 0.717) is 25.0 Å². The Balaban J connectivity index is 1.36. The monoisotopic (exact) mass is 693 g/mol. The lowest BCUT2D eigenvalue weighted by atomic mass is 9.82. The van der Waals surface area contributed by atoms with Gasteiger partial charge in [-0.15, -0.1) is 0 Å². The van der Waals surface area contributed by atoms with E-state index in [0.717, 1.165) is 75.2 Å². The van der Waals surface area contributed by atoms with E-state index < -0.39 is 24.2 Å². The number of hydrogen-bond acceptors (Lipinski definition) is 6. The number of aromatic amines is 1. The average molecular weight is 694 g/mol. The fourth-order valence-corrected chi connectivity index (χ4v) is 9.17. The summed E-state index contributed by atoms with van der Waals surface area (Å²) in [6, 6.07) is 1.89. The molecule has 4 aliphatic rings. The molecule has 0 bridgehead atoms. The first-order valence-corrected chi connectivity index (χ1v) is 19.0. The third kappa shape index (κ3) is 7.28. The van der Waals surface area contributed by atoms with Gasteiger partial charge in [0.25, 0.3) is 0 Å². The number of benzene rings is 1. The molecule has 0 spiro atoms. The molecule has 2 saturated carbocycles. The van der Waals surface area contributed by atoms with Gasteiger partial charge in [0.15, 0.2) is 0 Å². The summed E-state index contributed by atoms with van der Waals surface area (Å²) in [6.45, 7) is 4.42. The van der Waals surface area contributed by atoms with Crippen molar-refractivity contribution in [2.75, 3.05) is 27.2 Å². The second-order valence-corrected chi connectivity index (χ2v) is 15.2. The van der Waals surface area contributed by atoms with E-state index in [1.807, 2.05) is 16.0 Å². The molecule has 2 aliphatic carbocycles. The normalized spacial score (nSPS) is 25.6. The summed E-state index contributed by atoms with van der Waals surface area (Å²) in [4.78, 5) is 63.3. The van der Waals surface area contributed by atoms with Crippen molar-refractivity contribution >= 4 is 34.5 Å². The zero-order valence-corrected chi connectivity index (χ0v) is 30.1. The number of nitrogens with one attached hydrogen (secondary N) is 5. The minimum atomic E-state index is -0.655. The zero-order valence-electron chi connectivity index (χ0n) is 30.1. The highest BCUT2D eigenvalue weighted by Crippen LogP contribution is 2.45. The van der Waals surface area contributed by atoms with Crippen LogP contribution in [0.5, 0.6) is 0 Å². The molecule has 4 amide bonds. The van der Waals surface area contributed by atoms with Gasteiger partial charge < -0.3 is 36.1 Å². The molecule has 2 saturated heterocycles. The number of likely N-dealkylation sites (N-methyl/N-ethyl adjacent to an activating group) is 2. The minimum Gasteiger partial charge on any atom is -0.361 e. The predicted octanol–water partition coefficient (Wildman–Crippen LogP) is 3.55. The third-order valence-electron chi connectivity index (χ3n) is 12.3. The minimum absolute atomic E-state index is 0.0389. The second-order valence-electron chi connectivity index (χ2n) is 15.2. The van der Waals surface area contributed by atoms with Gasteiger partial charge in [-0.2, -0.15) is 0 Å². The van der Waals surface area contributed by atoms with Crippen molar-refractivity contribution in [3.63, 3.8) is 0 Å². The van der Waals surface area contributed by atoms with E-state index in [1.165, 1.54) is 12.1 Å². The van der Waals surface area contributed by atoms with Crippen LogP contribution in [0.4, 0.5) is 4.39 Å². The van der Waals surface area contributed by atoms with Gasteiger partial charge in [-0.3, -0.25) is 19.2 Å². The number of aromatic nitrogens is 1. The summed E-state index contributed by atoms with van der Waals surface area (Å²) in [5.41, 5.74) is 1.60. The van der Waals surface area contributed by atoms with Crippen LogP contribution in [-0.2, 0) is 19.2 Å². The number of nitrogens with zero attached hydrogens (tertiary/aromatic N) is 2. The summed E-state index contributed by atoms with van der Waals surface area (Å²) in [5.74, 6) is -1.09. The van der Waals surface area contributed by atoms with E-state index in [-0.39, 0.29) is 59.3 Å². The van der Waals surface area contributed by atoms with Crippen LogP contribution in [0.1, 0.15) is 96.0 Å². The third-order valence-corrected chi connectivity index (χ3v) is 12.3. The molecule has 7 atom stereocenters. The number of halogens is 1. The second kappa shape index (κ2) is 15.8. The SMILES string of the molecule is CNC(C)C(=O)NC(C(=O)N1CC(c2c[nH]c3cc(F)ccc23)C2C1CCN2C(=O)C(NC(=O)C(C)NC)C1CCCCC1)C1CCCCC1. The molecule has 274 valence electrons. The Morgan fingerprint density at radius 1 is 0.780 bits per heavy atom. The Morgan fingerprint density at radius 2 is 1.32 bits per heavy atom. The van der Waals surface area contributed by atoms with Crippen LogP contribution in [0, 0.1) is 17.7 Å². The number of H-pyrrole nitrogens is 1. The molecule has 7 unspecified atom stereocenters. The van der Waals surface area contributed by atoms with E-state index in [9.17, 15) is 23.6 Å². The van der Waals surface area contributed by atoms with Crippen LogP contribution >= 0.6 is 0 Å². The lowest BCUT2D eigenvalue weighted by molar-refractivity contribution is -0.141. The molecular formula is C38H56FN7O4. The topological polar surface area (TPSA) is 139 Å². The average Bonchev–Trinajstić information content (AvgIpc) is 3.86. The number of fused-ring (bicyclic) bond motifs is 2. The predicted molar refractivity (Wildman–Crippen MR) is 191 cm³/mol. The Kier molecular flexibility index (Phi) is 11.5. The summed E-state index contributed by atoms with van der Waals surface area (Å²) in [5, 5.41) is 13.1. The van der Waals surface area contributed by atoms with Gasteiger partial charge in [0.2, 0.25) is 23.6 Å². The van der Waals surface area contributed by atoms with Gasteiger partial charge in [-0.1, -0.05) is 38.5 Å². The van der Waals surface area contributed by atoms with Crippen molar-refractivity contribution in [2.24, 2.45) is 11.8 Å². The largest absolute Gasteiger partial charge is 0.361 e. The first-order valence-electron chi connectivity index (χ1n) is 19.0. The number of carbonyl (C=O) groups excluding carboxylic acids is 4. The van der Waals surface area contributed by atoms with Crippen LogP contribution in [-0.4, -0.2) is 102 Å². The Labute approximate surface area is 295 Å². The highest BCUT2D eigenvalue weighted by atomic mass is 19.1. The maximum atomic E-state index is 14.8. The van der Waals surface area contributed by atoms with Crippen LogP contribution in [0.25, 0.3) is 10.9 Å². The van der Waals surface area contributed by atoms with Crippen LogP contribution in [0.3, 0.4) is 0 Å². The van der Waals surface area contributed by atoms with Crippen molar-refractivity contribution in [1.29, 1.82) is 0 Å². The molecule has 11 nitrogen and oxygen atoms in total. The molecule has 4 fully saturated rings. The van der Waals surface area contributed by atoms with Gasteiger partial charge in [-0.25, -0.2) is 4.39 Å². The molecule has 6 rings (SSSR count). The van der Waals surface area contributed by atoms with Crippen LogP contribution in [0.2, 0.25) is 0 Å². The van der Waals surface area contributed by atoms with Crippen molar-refractivity contribution in [3.8, 4) is 0 Å². The fourth-order valence-electron chi connectivity index (χ4n) is 9.17. The Morgan fingerprint density at radius 3 is 1.86 bits per heavy atom. The standard InChI is InChI=1S/C38H56FN7O4/c1-22(40-3)35(47)43-32(24-11-7-5-8-12-24)37(49)45-18-17-31-34(45)29(28-20-42-30-19-26(39)15-16-27(28)30)21-46(31)38(50)33(25-13-9-6-10-14-25)44-36(48)23(2)41-4/h15-16,19-20,22-25,29,31-34,40-42H,5-14,17-18,21H2,1-4H3,(H,43,47)(H,44,48). The highest BCUT2D eigenvalue weighted by Gasteiger charge is 2.55. The van der Waals surface area contributed by atoms with Gasteiger partial charge in [0.05, 0.1) is 24.2 Å². The molecule has 1 aromatic carbocycles. The maximum absolute atomic E-state index is 14.8. The summed E-state index contributed by atoms with van der Waals surface area (Å²) in [7, 11) is 3.47. The number of amides is 4. The summed E-state index contributed by atoms with van der Waals surface area (Å²) < 4.78 is 14.3. The molecule has 5 N–H and O–H groups in total. The van der Waals surface area contributed by atoms with Crippen LogP contribution in [0.15, 0.2) is 24.4 Å². The lowest BCUT2D eigenvalue weighted by Crippen LogP contribution is -2.58. The van der Waals surface area contributed by atoms with Crippen molar-refractivity contribution in [2.45, 2.75) is 127 Å². The maximum Gasteiger partial charge on any atom is 0.245 e. The Bertz CT molecular complexity index is 1480. The number of likely N-dealkylation sites (tertiary alicyclic amines) is 2. The van der Waals surface area contributed by atoms with Gasteiger partial charge in [0, 0.05) is 36.1 Å². The van der Waals surface area contributed by atoms with E-state index in [4.69, 9.17) is 0 Å². The van der Waals surface area contributed by atoms with Crippen molar-refractivity contribution < 1.29 is 23.6 Å². The van der Waals surface area contributed by atoms with E-state index in [2.05, 4.69) is 26.3 Å². The fraction of sp³-hybridized carbons (Fsp3) is 0.684. The smallest absolute Gasteiger partial charge is 0.245 e. The zero-order chi connectivity index (χ0) is 35.5. The molecular weight excluding hydrogens is 637 g/mol. The first kappa shape index (κ1) is 36.3. The van der Waals surface area contributed by atoms with Gasteiger partial charge in [-0.05, 0) is 95.6 Å². The number of carbonyl (C=O) groups is 4. The summed E-state index contributed by atoms with van der Waals surface area (Å²) >= 11 is 0. The van der Waals surface area contributed by atoms with Crippen molar-refractivity contribution in [3.05, 3.63) is 35.8 Å². The van der Waals surface area contributed by atoms with Gasteiger partial charge in [0.1, 0.15) is 17.9 Å². The van der Waals surface area contributed by atoms with Crippen LogP contribution < -0.4 is 21.3 Å². The van der Waals surface area contributed by atoms with E-state index >= 15 is 0 Å². The van der Waals surface area contributed by atoms with E-state index in [1.54, 1.807) is 34.0 Å². The summed E-state index contributed by atoms with van der Waals surface area (Å²) in [6.07, 6.45) is 12.3. The molecule has 3 heterocycles. The number of hydrogen-bond donors (Lipinski definition) is 5. The molecule has 2 aliphatic heterocycles. The highest BCUT2D eigenvalue weighted by molar-refractivity contribution is 5.92. The quantitative estimate of drug-likeness (QED) is 0.244. The molecule has 1 aromatic heterocycles. The first-order chi connectivity index (χ1) is 24.1.